The summed E-state index contributed by atoms with van der Waals surface area (Å²) in [6, 6.07) is 18.2. The molecule has 5 rings (SSSR count). The Hall–Kier alpha value is -3.00. The zero-order valence-corrected chi connectivity index (χ0v) is 19.7. The van der Waals surface area contributed by atoms with Crippen molar-refractivity contribution in [1.82, 2.24) is 4.98 Å². The van der Waals surface area contributed by atoms with Crippen LogP contribution in [0.4, 0.5) is 0 Å². The summed E-state index contributed by atoms with van der Waals surface area (Å²) in [7, 11) is 2.13. The molecule has 0 atom stereocenters. The Kier molecular flexibility index (Phi) is 4.18. The van der Waals surface area contributed by atoms with Crippen molar-refractivity contribution in [3.63, 3.8) is 0 Å². The van der Waals surface area contributed by atoms with Gasteiger partial charge in [-0.2, -0.15) is 0 Å². The Morgan fingerprint density at radius 3 is 2.19 bits per heavy atom. The van der Waals surface area contributed by atoms with Crippen LogP contribution >= 0.6 is 0 Å². The van der Waals surface area contributed by atoms with Crippen molar-refractivity contribution < 1.29 is 4.57 Å². The molecule has 0 saturated heterocycles. The average Bonchev–Trinajstić information content (AvgIpc) is 2.73. The van der Waals surface area contributed by atoms with Crippen LogP contribution in [0.15, 0.2) is 60.9 Å². The normalized spacial score (nSPS) is 16.1. The first kappa shape index (κ1) is 19.9. The molecule has 0 aliphatic heterocycles. The summed E-state index contributed by atoms with van der Waals surface area (Å²) in [5.74, 6) is 0. The third-order valence-corrected chi connectivity index (χ3v) is 7.89. The number of aromatic nitrogens is 2. The first-order valence-electron chi connectivity index (χ1n) is 11.1. The molecule has 2 heterocycles. The summed E-state index contributed by atoms with van der Waals surface area (Å²) in [4.78, 5) is 4.67. The molecule has 2 aromatic carbocycles. The van der Waals surface area contributed by atoms with Crippen LogP contribution in [0.2, 0.25) is 0 Å². The van der Waals surface area contributed by atoms with Crippen molar-refractivity contribution >= 4 is 10.9 Å². The predicted octanol–water partition coefficient (Wildman–Crippen LogP) is 6.58. The van der Waals surface area contributed by atoms with Gasteiger partial charge in [-0.25, -0.2) is 4.57 Å². The number of fused-ring (bicyclic) bond motifs is 4. The third kappa shape index (κ3) is 2.77. The quantitative estimate of drug-likeness (QED) is 0.326. The van der Waals surface area contributed by atoms with Crippen LogP contribution in [0, 0.1) is 13.8 Å². The van der Waals surface area contributed by atoms with Gasteiger partial charge in [0.1, 0.15) is 7.05 Å². The van der Waals surface area contributed by atoms with Gasteiger partial charge in [0.2, 0.25) is 5.69 Å². The summed E-state index contributed by atoms with van der Waals surface area (Å²) in [5.41, 5.74) is 11.7. The van der Waals surface area contributed by atoms with Gasteiger partial charge < -0.3 is 0 Å². The Morgan fingerprint density at radius 1 is 0.774 bits per heavy atom. The number of pyridine rings is 2. The molecule has 0 spiro atoms. The molecule has 31 heavy (non-hydrogen) atoms. The SMILES string of the molecule is Cc1cc[n+](C)c(-c2cc3c(cc2C)C(C)(C)C(C)(C)c2cc4cccnc4cc2-3)c1. The average molecular weight is 408 g/mol. The minimum atomic E-state index is 0.00131. The lowest BCUT2D eigenvalue weighted by Gasteiger charge is -2.48. The van der Waals surface area contributed by atoms with Gasteiger partial charge >= 0.3 is 0 Å². The Balaban J connectivity index is 1.88. The topological polar surface area (TPSA) is 16.8 Å². The largest absolute Gasteiger partial charge is 0.256 e. The summed E-state index contributed by atoms with van der Waals surface area (Å²) in [6.07, 6.45) is 4.04. The maximum Gasteiger partial charge on any atom is 0.212 e. The van der Waals surface area contributed by atoms with Crippen molar-refractivity contribution in [2.75, 3.05) is 0 Å². The third-order valence-electron chi connectivity index (χ3n) is 7.89. The maximum atomic E-state index is 4.67. The van der Waals surface area contributed by atoms with E-state index in [9.17, 15) is 0 Å². The Morgan fingerprint density at radius 2 is 1.45 bits per heavy atom. The molecule has 1 aliphatic carbocycles. The van der Waals surface area contributed by atoms with E-state index < -0.39 is 0 Å². The Bertz CT molecular complexity index is 1360. The minimum Gasteiger partial charge on any atom is -0.256 e. The second-order valence-electron chi connectivity index (χ2n) is 10.3. The highest BCUT2D eigenvalue weighted by Crippen LogP contribution is 2.55. The van der Waals surface area contributed by atoms with Gasteiger partial charge in [0.25, 0.3) is 0 Å². The second-order valence-corrected chi connectivity index (χ2v) is 10.3. The van der Waals surface area contributed by atoms with Crippen LogP contribution in [-0.2, 0) is 17.9 Å². The van der Waals surface area contributed by atoms with E-state index >= 15 is 0 Å². The van der Waals surface area contributed by atoms with E-state index in [1.54, 1.807) is 0 Å². The van der Waals surface area contributed by atoms with Crippen LogP contribution in [0.25, 0.3) is 33.3 Å². The summed E-state index contributed by atoms with van der Waals surface area (Å²) < 4.78 is 2.22. The fraction of sp³-hybridized carbons (Fsp3) is 0.310. The molecule has 0 fully saturated rings. The lowest BCUT2D eigenvalue weighted by atomic mass is 9.55. The van der Waals surface area contributed by atoms with Gasteiger partial charge in [-0.3, -0.25) is 4.98 Å². The van der Waals surface area contributed by atoms with E-state index in [0.29, 0.717) is 0 Å². The van der Waals surface area contributed by atoms with Crippen molar-refractivity contribution in [3.8, 4) is 22.4 Å². The molecule has 0 N–H and O–H groups in total. The van der Waals surface area contributed by atoms with Crippen LogP contribution in [0.5, 0.6) is 0 Å². The summed E-state index contributed by atoms with van der Waals surface area (Å²) >= 11 is 0. The number of hydrogen-bond donors (Lipinski definition) is 0. The highest BCUT2D eigenvalue weighted by molar-refractivity contribution is 5.91. The monoisotopic (exact) mass is 407 g/mol. The molecule has 156 valence electrons. The second kappa shape index (κ2) is 6.50. The lowest BCUT2D eigenvalue weighted by molar-refractivity contribution is -0.660. The van der Waals surface area contributed by atoms with Gasteiger partial charge in [0.15, 0.2) is 6.20 Å². The molecular weight excluding hydrogens is 376 g/mol. The van der Waals surface area contributed by atoms with E-state index in [1.165, 1.54) is 50.0 Å². The molecule has 2 aromatic heterocycles. The van der Waals surface area contributed by atoms with Crippen LogP contribution in [0.1, 0.15) is 49.9 Å². The number of aryl methyl sites for hydroxylation is 3. The van der Waals surface area contributed by atoms with Gasteiger partial charge in [-0.15, -0.1) is 0 Å². The highest BCUT2D eigenvalue weighted by Gasteiger charge is 2.46. The van der Waals surface area contributed by atoms with Crippen LogP contribution in [-0.4, -0.2) is 4.98 Å². The summed E-state index contributed by atoms with van der Waals surface area (Å²) in [5, 5.41) is 1.21. The first-order chi connectivity index (χ1) is 14.6. The van der Waals surface area contributed by atoms with E-state index in [1.807, 2.05) is 12.3 Å². The molecule has 0 unspecified atom stereocenters. The first-order valence-corrected chi connectivity index (χ1v) is 11.1. The van der Waals surface area contributed by atoms with Gasteiger partial charge in [-0.1, -0.05) is 39.8 Å². The zero-order valence-electron chi connectivity index (χ0n) is 19.7. The smallest absolute Gasteiger partial charge is 0.212 e. The number of hydrogen-bond acceptors (Lipinski definition) is 1. The molecule has 0 radical (unpaired) electrons. The standard InChI is InChI=1S/C29H31N2/c1-18-10-12-31(7)27(13-18)21-16-22-23-17-26-20(9-8-11-30-26)15-25(23)29(5,6)28(3,4)24(22)14-19(21)2/h8-17H,1-7H3/q+1. The number of rotatable bonds is 1. The number of benzene rings is 2. The predicted molar refractivity (Wildman–Crippen MR) is 129 cm³/mol. The molecule has 0 bridgehead atoms. The lowest BCUT2D eigenvalue weighted by Crippen LogP contribution is -2.43. The fourth-order valence-electron chi connectivity index (χ4n) is 5.20. The van der Waals surface area contributed by atoms with Gasteiger partial charge in [-0.05, 0) is 82.3 Å². The van der Waals surface area contributed by atoms with E-state index in [0.717, 1.165) is 5.52 Å². The van der Waals surface area contributed by atoms with Crippen LogP contribution in [0.3, 0.4) is 0 Å². The van der Waals surface area contributed by atoms with E-state index in [4.69, 9.17) is 0 Å². The van der Waals surface area contributed by atoms with Crippen molar-refractivity contribution in [3.05, 3.63) is 83.2 Å². The Labute approximate surface area is 185 Å². The molecule has 2 heteroatoms. The minimum absolute atomic E-state index is 0.00131. The summed E-state index contributed by atoms with van der Waals surface area (Å²) in [6.45, 7) is 14.0. The number of nitrogens with zero attached hydrogens (tertiary/aromatic N) is 2. The van der Waals surface area contributed by atoms with Gasteiger partial charge in [0, 0.05) is 29.3 Å². The highest BCUT2D eigenvalue weighted by atomic mass is 14.9. The van der Waals surface area contributed by atoms with Gasteiger partial charge in [0.05, 0.1) is 5.52 Å². The van der Waals surface area contributed by atoms with Crippen LogP contribution < -0.4 is 4.57 Å². The molecule has 4 aromatic rings. The molecular formula is C29H31N2+. The van der Waals surface area contributed by atoms with Crippen molar-refractivity contribution in [2.24, 2.45) is 7.05 Å². The molecule has 0 saturated carbocycles. The van der Waals surface area contributed by atoms with E-state index in [2.05, 4.69) is 107 Å². The molecule has 1 aliphatic rings. The zero-order chi connectivity index (χ0) is 22.1. The molecule has 0 amide bonds. The van der Waals surface area contributed by atoms with Crippen molar-refractivity contribution in [2.45, 2.75) is 52.4 Å². The maximum absolute atomic E-state index is 4.67. The fourth-order valence-corrected chi connectivity index (χ4v) is 5.20. The van der Waals surface area contributed by atoms with Crippen molar-refractivity contribution in [1.29, 1.82) is 0 Å². The van der Waals surface area contributed by atoms with E-state index in [-0.39, 0.29) is 10.8 Å². The molecule has 2 nitrogen and oxygen atoms in total.